The van der Waals surface area contributed by atoms with Gasteiger partial charge in [0.2, 0.25) is 0 Å². The highest BCUT2D eigenvalue weighted by atomic mass is 15.1. The lowest BCUT2D eigenvalue weighted by atomic mass is 10.1. The van der Waals surface area contributed by atoms with E-state index in [0.29, 0.717) is 0 Å². The number of nitrogens with zero attached hydrogens (tertiary/aromatic N) is 2. The van der Waals surface area contributed by atoms with E-state index >= 15 is 0 Å². The largest absolute Gasteiger partial charge is 0.327 e. The van der Waals surface area contributed by atoms with Crippen molar-refractivity contribution in [2.75, 3.05) is 13.1 Å². The monoisotopic (exact) mass is 287 g/mol. The van der Waals surface area contributed by atoms with E-state index in [1.54, 1.807) is 0 Å². The van der Waals surface area contributed by atoms with Crippen molar-refractivity contribution in [1.82, 2.24) is 14.9 Å². The maximum atomic E-state index is 4.78. The van der Waals surface area contributed by atoms with Crippen molar-refractivity contribution in [3.8, 4) is 0 Å². The van der Waals surface area contributed by atoms with Gasteiger partial charge in [0.25, 0.3) is 0 Å². The van der Waals surface area contributed by atoms with E-state index in [-0.39, 0.29) is 0 Å². The lowest BCUT2D eigenvalue weighted by molar-refractivity contribution is 0.514. The van der Waals surface area contributed by atoms with Gasteiger partial charge >= 0.3 is 0 Å². The van der Waals surface area contributed by atoms with Gasteiger partial charge in [0, 0.05) is 19.5 Å². The molecule has 1 aromatic heterocycles. The van der Waals surface area contributed by atoms with Crippen LogP contribution < -0.4 is 5.32 Å². The van der Waals surface area contributed by atoms with Gasteiger partial charge in [0.1, 0.15) is 5.82 Å². The van der Waals surface area contributed by atoms with Crippen LogP contribution in [0.25, 0.3) is 11.0 Å². The summed E-state index contributed by atoms with van der Waals surface area (Å²) in [6, 6.07) is 8.47. The fourth-order valence-electron chi connectivity index (χ4n) is 2.74. The lowest BCUT2D eigenvalue weighted by Crippen LogP contribution is -2.22. The first-order valence-corrected chi connectivity index (χ1v) is 8.37. The van der Waals surface area contributed by atoms with Crippen LogP contribution in [0.15, 0.2) is 24.3 Å². The van der Waals surface area contributed by atoms with Crippen molar-refractivity contribution < 1.29 is 0 Å². The summed E-state index contributed by atoms with van der Waals surface area (Å²) in [6.07, 6.45) is 4.78. The van der Waals surface area contributed by atoms with Crippen LogP contribution in [0.5, 0.6) is 0 Å². The molecule has 0 unspecified atom stereocenters. The molecule has 0 amide bonds. The maximum Gasteiger partial charge on any atom is 0.109 e. The lowest BCUT2D eigenvalue weighted by Gasteiger charge is -2.10. The molecule has 0 spiro atoms. The van der Waals surface area contributed by atoms with Gasteiger partial charge in [0.15, 0.2) is 0 Å². The molecule has 1 N–H and O–H groups in total. The number of aryl methyl sites for hydroxylation is 1. The highest BCUT2D eigenvalue weighted by Gasteiger charge is 2.08. The Hall–Kier alpha value is -1.35. The Morgan fingerprint density at radius 2 is 2.00 bits per heavy atom. The number of benzene rings is 1. The summed E-state index contributed by atoms with van der Waals surface area (Å²) < 4.78 is 2.38. The molecule has 21 heavy (non-hydrogen) atoms. The molecule has 0 fully saturated rings. The summed E-state index contributed by atoms with van der Waals surface area (Å²) in [5, 5.41) is 3.56. The molecule has 0 aliphatic rings. The first kappa shape index (κ1) is 16.0. The van der Waals surface area contributed by atoms with Crippen molar-refractivity contribution >= 4 is 11.0 Å². The fraction of sp³-hybridized carbons (Fsp3) is 0.611. The fourth-order valence-corrected chi connectivity index (χ4v) is 2.74. The number of aromatic nitrogens is 2. The molecule has 0 atom stereocenters. The minimum Gasteiger partial charge on any atom is -0.327 e. The third kappa shape index (κ3) is 4.57. The van der Waals surface area contributed by atoms with Crippen LogP contribution in [-0.4, -0.2) is 22.6 Å². The number of para-hydroxylation sites is 2. The standard InChI is InChI=1S/C18H29N3/c1-4-8-18-20-16-10-5-6-11-17(16)21(18)14-13-19-12-7-9-15(2)3/h5-6,10-11,15,19H,4,7-9,12-14H2,1-3H3. The number of imidazole rings is 1. The molecular formula is C18H29N3. The average Bonchev–Trinajstić information content (AvgIpc) is 2.80. The first-order valence-electron chi connectivity index (χ1n) is 8.37. The van der Waals surface area contributed by atoms with Gasteiger partial charge in [-0.05, 0) is 43.9 Å². The van der Waals surface area contributed by atoms with Gasteiger partial charge in [-0.1, -0.05) is 32.9 Å². The normalized spacial score (nSPS) is 11.6. The zero-order valence-corrected chi connectivity index (χ0v) is 13.7. The molecule has 0 saturated heterocycles. The van der Waals surface area contributed by atoms with E-state index in [9.17, 15) is 0 Å². The Labute approximate surface area is 128 Å². The van der Waals surface area contributed by atoms with Crippen LogP contribution >= 0.6 is 0 Å². The molecule has 3 nitrogen and oxygen atoms in total. The molecule has 1 aromatic carbocycles. The summed E-state index contributed by atoms with van der Waals surface area (Å²) in [5.74, 6) is 2.03. The molecule has 2 aromatic rings. The van der Waals surface area contributed by atoms with Crippen LogP contribution in [0.4, 0.5) is 0 Å². The first-order chi connectivity index (χ1) is 10.2. The van der Waals surface area contributed by atoms with Crippen molar-refractivity contribution in [2.45, 2.75) is 53.0 Å². The minimum absolute atomic E-state index is 0.806. The summed E-state index contributed by atoms with van der Waals surface area (Å²) in [7, 11) is 0. The van der Waals surface area contributed by atoms with Gasteiger partial charge in [0.05, 0.1) is 11.0 Å². The number of nitrogens with one attached hydrogen (secondary N) is 1. The summed E-state index contributed by atoms with van der Waals surface area (Å²) in [4.78, 5) is 4.78. The molecule has 1 heterocycles. The molecule has 3 heteroatoms. The van der Waals surface area contributed by atoms with Crippen LogP contribution in [0, 0.1) is 5.92 Å². The molecule has 0 bridgehead atoms. The Bertz CT molecular complexity index is 542. The quantitative estimate of drug-likeness (QED) is 0.706. The van der Waals surface area contributed by atoms with Crippen molar-refractivity contribution in [3.63, 3.8) is 0 Å². The van der Waals surface area contributed by atoms with Crippen LogP contribution in [0.1, 0.15) is 45.9 Å². The molecule has 0 saturated carbocycles. The number of hydrogen-bond acceptors (Lipinski definition) is 2. The topological polar surface area (TPSA) is 29.9 Å². The van der Waals surface area contributed by atoms with Crippen molar-refractivity contribution in [1.29, 1.82) is 0 Å². The third-order valence-electron chi connectivity index (χ3n) is 3.85. The predicted octanol–water partition coefficient (Wildman–Crippen LogP) is 4.01. The van der Waals surface area contributed by atoms with E-state index in [4.69, 9.17) is 4.98 Å². The number of fused-ring (bicyclic) bond motifs is 1. The predicted molar refractivity (Wildman–Crippen MR) is 90.7 cm³/mol. The molecular weight excluding hydrogens is 258 g/mol. The van der Waals surface area contributed by atoms with E-state index in [0.717, 1.165) is 43.9 Å². The zero-order chi connectivity index (χ0) is 15.1. The SMILES string of the molecule is CCCc1nc2ccccc2n1CCNCCCC(C)C. The summed E-state index contributed by atoms with van der Waals surface area (Å²) in [5.41, 5.74) is 2.39. The maximum absolute atomic E-state index is 4.78. The number of hydrogen-bond donors (Lipinski definition) is 1. The van der Waals surface area contributed by atoms with Gasteiger partial charge in [-0.25, -0.2) is 4.98 Å². The second-order valence-corrected chi connectivity index (χ2v) is 6.20. The highest BCUT2D eigenvalue weighted by Crippen LogP contribution is 2.16. The zero-order valence-electron chi connectivity index (χ0n) is 13.7. The van der Waals surface area contributed by atoms with Crippen molar-refractivity contribution in [3.05, 3.63) is 30.1 Å². The van der Waals surface area contributed by atoms with E-state index in [1.165, 1.54) is 24.2 Å². The summed E-state index contributed by atoms with van der Waals surface area (Å²) >= 11 is 0. The Kier molecular flexibility index (Phi) is 6.24. The second kappa shape index (κ2) is 8.18. The third-order valence-corrected chi connectivity index (χ3v) is 3.85. The smallest absolute Gasteiger partial charge is 0.109 e. The minimum atomic E-state index is 0.806. The van der Waals surface area contributed by atoms with Crippen LogP contribution in [0.3, 0.4) is 0 Å². The summed E-state index contributed by atoms with van der Waals surface area (Å²) in [6.45, 7) is 9.94. The molecule has 116 valence electrons. The average molecular weight is 287 g/mol. The molecule has 0 aliphatic heterocycles. The molecule has 0 radical (unpaired) electrons. The van der Waals surface area contributed by atoms with E-state index in [2.05, 4.69) is 54.9 Å². The van der Waals surface area contributed by atoms with Gasteiger partial charge < -0.3 is 9.88 Å². The van der Waals surface area contributed by atoms with Crippen molar-refractivity contribution in [2.24, 2.45) is 5.92 Å². The highest BCUT2D eigenvalue weighted by molar-refractivity contribution is 5.75. The van der Waals surface area contributed by atoms with Crippen LogP contribution in [-0.2, 0) is 13.0 Å². The van der Waals surface area contributed by atoms with E-state index < -0.39 is 0 Å². The van der Waals surface area contributed by atoms with Gasteiger partial charge in [-0.3, -0.25) is 0 Å². The Morgan fingerprint density at radius 1 is 1.19 bits per heavy atom. The van der Waals surface area contributed by atoms with E-state index in [1.807, 2.05) is 0 Å². The van der Waals surface area contributed by atoms with Gasteiger partial charge in [-0.15, -0.1) is 0 Å². The Balaban J connectivity index is 1.92. The molecule has 0 aliphatic carbocycles. The number of rotatable bonds is 9. The van der Waals surface area contributed by atoms with Gasteiger partial charge in [-0.2, -0.15) is 0 Å². The molecule has 2 rings (SSSR count). The second-order valence-electron chi connectivity index (χ2n) is 6.20. The van der Waals surface area contributed by atoms with Crippen LogP contribution in [0.2, 0.25) is 0 Å². The Morgan fingerprint density at radius 3 is 2.76 bits per heavy atom.